The molecule has 0 fully saturated rings. The summed E-state index contributed by atoms with van der Waals surface area (Å²) < 4.78 is 30.6. The number of sulfonamides is 1. The number of nitrogens with zero attached hydrogens (tertiary/aromatic N) is 1. The summed E-state index contributed by atoms with van der Waals surface area (Å²) in [5.41, 5.74) is 0.969. The molecule has 0 saturated heterocycles. The van der Waals surface area contributed by atoms with Crippen LogP contribution in [-0.2, 0) is 14.8 Å². The van der Waals surface area contributed by atoms with Crippen LogP contribution < -0.4 is 15.4 Å². The van der Waals surface area contributed by atoms with Gasteiger partial charge in [-0.2, -0.15) is 0 Å². The summed E-state index contributed by atoms with van der Waals surface area (Å²) in [6.45, 7) is -0.0403. The Balaban J connectivity index is 2.06. The van der Waals surface area contributed by atoms with Crippen molar-refractivity contribution >= 4 is 38.9 Å². The van der Waals surface area contributed by atoms with E-state index in [2.05, 4.69) is 10.6 Å². The lowest BCUT2D eigenvalue weighted by atomic mass is 10.3. The van der Waals surface area contributed by atoms with Crippen molar-refractivity contribution in [2.75, 3.05) is 38.4 Å². The van der Waals surface area contributed by atoms with Crippen LogP contribution in [0.15, 0.2) is 47.4 Å². The van der Waals surface area contributed by atoms with E-state index in [-0.39, 0.29) is 17.3 Å². The minimum atomic E-state index is -3.57. The largest absolute Gasteiger partial charge is 0.495 e. The standard InChI is InChI=1S/C17H20ClN3O4S/c1-21(2)26(23,24)14-6-4-5-13(10-14)20-17(22)11-19-15-9-12(18)7-8-16(15)25-3/h4-10,19H,11H2,1-3H3,(H,20,22). The van der Waals surface area contributed by atoms with Gasteiger partial charge in [0, 0.05) is 24.8 Å². The van der Waals surface area contributed by atoms with Crippen molar-refractivity contribution in [2.45, 2.75) is 4.90 Å². The van der Waals surface area contributed by atoms with Gasteiger partial charge in [-0.15, -0.1) is 0 Å². The average molecular weight is 398 g/mol. The van der Waals surface area contributed by atoms with Crippen LogP contribution in [0.3, 0.4) is 0 Å². The van der Waals surface area contributed by atoms with Crippen LogP contribution in [0.5, 0.6) is 5.75 Å². The Hall–Kier alpha value is -2.29. The van der Waals surface area contributed by atoms with Gasteiger partial charge in [-0.3, -0.25) is 4.79 Å². The molecule has 0 atom stereocenters. The van der Waals surface area contributed by atoms with Gasteiger partial charge in [-0.25, -0.2) is 12.7 Å². The molecule has 26 heavy (non-hydrogen) atoms. The third kappa shape index (κ3) is 4.87. The van der Waals surface area contributed by atoms with E-state index >= 15 is 0 Å². The van der Waals surface area contributed by atoms with Crippen LogP contribution in [0.25, 0.3) is 0 Å². The van der Waals surface area contributed by atoms with Gasteiger partial charge in [0.1, 0.15) is 5.75 Å². The molecule has 2 rings (SSSR count). The number of carbonyl (C=O) groups is 1. The summed E-state index contributed by atoms with van der Waals surface area (Å²) in [5.74, 6) is 0.215. The van der Waals surface area contributed by atoms with Crippen LogP contribution in [0.4, 0.5) is 11.4 Å². The predicted octanol–water partition coefficient (Wildman–Crippen LogP) is 2.65. The smallest absolute Gasteiger partial charge is 0.243 e. The van der Waals surface area contributed by atoms with Crippen molar-refractivity contribution < 1.29 is 17.9 Å². The molecule has 0 spiro atoms. The first-order valence-corrected chi connectivity index (χ1v) is 9.45. The van der Waals surface area contributed by atoms with Gasteiger partial charge < -0.3 is 15.4 Å². The molecule has 0 aromatic heterocycles. The fraction of sp³-hybridized carbons (Fsp3) is 0.235. The lowest BCUT2D eigenvalue weighted by Crippen LogP contribution is -2.23. The number of carbonyl (C=O) groups excluding carboxylic acids is 1. The molecule has 0 bridgehead atoms. The van der Waals surface area contributed by atoms with E-state index in [1.807, 2.05) is 0 Å². The number of methoxy groups -OCH3 is 1. The second-order valence-electron chi connectivity index (χ2n) is 5.56. The molecule has 0 unspecified atom stereocenters. The molecular formula is C17H20ClN3O4S. The zero-order valence-electron chi connectivity index (χ0n) is 14.6. The highest BCUT2D eigenvalue weighted by molar-refractivity contribution is 7.89. The third-order valence-corrected chi connectivity index (χ3v) is 5.54. The van der Waals surface area contributed by atoms with Crippen LogP contribution >= 0.6 is 11.6 Å². The van der Waals surface area contributed by atoms with Crippen molar-refractivity contribution in [3.05, 3.63) is 47.5 Å². The molecular weight excluding hydrogens is 378 g/mol. The fourth-order valence-corrected chi connectivity index (χ4v) is 3.26. The molecule has 0 radical (unpaired) electrons. The maximum absolute atomic E-state index is 12.2. The summed E-state index contributed by atoms with van der Waals surface area (Å²) in [7, 11) is 0.845. The molecule has 7 nitrogen and oxygen atoms in total. The Bertz CT molecular complexity index is 901. The monoisotopic (exact) mass is 397 g/mol. The SMILES string of the molecule is COc1ccc(Cl)cc1NCC(=O)Nc1cccc(S(=O)(=O)N(C)C)c1. The van der Waals surface area contributed by atoms with Gasteiger partial charge in [0.25, 0.3) is 0 Å². The highest BCUT2D eigenvalue weighted by Crippen LogP contribution is 2.27. The van der Waals surface area contributed by atoms with Crippen LogP contribution in [0.2, 0.25) is 5.02 Å². The topological polar surface area (TPSA) is 87.7 Å². The molecule has 0 aliphatic carbocycles. The van der Waals surface area contributed by atoms with Gasteiger partial charge in [-0.05, 0) is 36.4 Å². The van der Waals surface area contributed by atoms with Gasteiger partial charge >= 0.3 is 0 Å². The van der Waals surface area contributed by atoms with E-state index < -0.39 is 10.0 Å². The van der Waals surface area contributed by atoms with Crippen molar-refractivity contribution in [3.63, 3.8) is 0 Å². The first-order valence-electron chi connectivity index (χ1n) is 7.64. The van der Waals surface area contributed by atoms with Crippen molar-refractivity contribution in [2.24, 2.45) is 0 Å². The van der Waals surface area contributed by atoms with E-state index in [9.17, 15) is 13.2 Å². The first-order chi connectivity index (χ1) is 12.2. The first kappa shape index (κ1) is 20.0. The number of amides is 1. The number of hydrogen-bond acceptors (Lipinski definition) is 5. The van der Waals surface area contributed by atoms with Crippen molar-refractivity contribution in [1.29, 1.82) is 0 Å². The van der Waals surface area contributed by atoms with E-state index in [4.69, 9.17) is 16.3 Å². The number of benzene rings is 2. The lowest BCUT2D eigenvalue weighted by molar-refractivity contribution is -0.114. The maximum atomic E-state index is 12.2. The Kier molecular flexibility index (Phi) is 6.47. The molecule has 1 amide bonds. The second-order valence-corrected chi connectivity index (χ2v) is 8.15. The fourth-order valence-electron chi connectivity index (χ4n) is 2.14. The number of nitrogens with one attached hydrogen (secondary N) is 2. The summed E-state index contributed by atoms with van der Waals surface area (Å²) >= 11 is 5.95. The molecule has 2 aromatic carbocycles. The number of ether oxygens (including phenoxy) is 1. The summed E-state index contributed by atoms with van der Waals surface area (Å²) in [6.07, 6.45) is 0. The number of anilines is 2. The van der Waals surface area contributed by atoms with Gasteiger partial charge in [0.2, 0.25) is 15.9 Å². The second kappa shape index (κ2) is 8.39. The minimum Gasteiger partial charge on any atom is -0.495 e. The van der Waals surface area contributed by atoms with Gasteiger partial charge in [-0.1, -0.05) is 17.7 Å². The highest BCUT2D eigenvalue weighted by Gasteiger charge is 2.17. The summed E-state index contributed by atoms with van der Waals surface area (Å²) in [6, 6.07) is 11.1. The number of rotatable bonds is 7. The molecule has 0 heterocycles. The number of halogens is 1. The Morgan fingerprint density at radius 2 is 1.92 bits per heavy atom. The number of hydrogen-bond donors (Lipinski definition) is 2. The van der Waals surface area contributed by atoms with Crippen LogP contribution in [-0.4, -0.2) is 46.4 Å². The lowest BCUT2D eigenvalue weighted by Gasteiger charge is -2.13. The van der Waals surface area contributed by atoms with Gasteiger partial charge in [0.15, 0.2) is 0 Å². The zero-order chi connectivity index (χ0) is 19.3. The molecule has 9 heteroatoms. The Labute approximate surface area is 158 Å². The predicted molar refractivity (Wildman–Crippen MR) is 102 cm³/mol. The highest BCUT2D eigenvalue weighted by atomic mass is 35.5. The van der Waals surface area contributed by atoms with E-state index in [1.165, 1.54) is 33.3 Å². The van der Waals surface area contributed by atoms with Gasteiger partial charge in [0.05, 0.1) is 24.2 Å². The van der Waals surface area contributed by atoms with E-state index in [0.717, 1.165) is 4.31 Å². The van der Waals surface area contributed by atoms with Crippen molar-refractivity contribution in [1.82, 2.24) is 4.31 Å². The average Bonchev–Trinajstić information content (AvgIpc) is 2.60. The normalized spacial score (nSPS) is 11.3. The zero-order valence-corrected chi connectivity index (χ0v) is 16.2. The quantitative estimate of drug-likeness (QED) is 0.749. The maximum Gasteiger partial charge on any atom is 0.243 e. The summed E-state index contributed by atoms with van der Waals surface area (Å²) in [5, 5.41) is 6.11. The van der Waals surface area contributed by atoms with Crippen LogP contribution in [0, 0.1) is 0 Å². The van der Waals surface area contributed by atoms with Crippen molar-refractivity contribution in [3.8, 4) is 5.75 Å². The molecule has 2 N–H and O–H groups in total. The molecule has 2 aromatic rings. The van der Waals surface area contributed by atoms with E-state index in [1.54, 1.807) is 30.3 Å². The minimum absolute atomic E-state index is 0.0403. The Morgan fingerprint density at radius 1 is 1.19 bits per heavy atom. The van der Waals surface area contributed by atoms with Crippen LogP contribution in [0.1, 0.15) is 0 Å². The Morgan fingerprint density at radius 3 is 2.58 bits per heavy atom. The van der Waals surface area contributed by atoms with E-state index in [0.29, 0.717) is 22.1 Å². The molecule has 140 valence electrons. The molecule has 0 saturated carbocycles. The molecule has 0 aliphatic rings. The molecule has 0 aliphatic heterocycles. The third-order valence-electron chi connectivity index (χ3n) is 3.50. The summed E-state index contributed by atoms with van der Waals surface area (Å²) in [4.78, 5) is 12.3.